The normalized spacial score (nSPS) is 10.5. The van der Waals surface area contributed by atoms with Gasteiger partial charge in [0.25, 0.3) is 5.91 Å². The van der Waals surface area contributed by atoms with E-state index < -0.39 is 12.0 Å². The Morgan fingerprint density at radius 3 is 2.75 bits per heavy atom. The van der Waals surface area contributed by atoms with Crippen molar-refractivity contribution in [1.82, 2.24) is 15.4 Å². The number of nitrogens with one attached hydrogen (secondary N) is 2. The number of fused-ring (bicyclic) bond motifs is 1. The van der Waals surface area contributed by atoms with Gasteiger partial charge in [0.1, 0.15) is 11.4 Å². The highest BCUT2D eigenvalue weighted by Crippen LogP contribution is 2.22. The highest BCUT2D eigenvalue weighted by atomic mass is 16.5. The van der Waals surface area contributed by atoms with Crippen LogP contribution in [0.2, 0.25) is 0 Å². The maximum atomic E-state index is 12.2. The Morgan fingerprint density at radius 2 is 2.04 bits per heavy atom. The first-order valence-corrected chi connectivity index (χ1v) is 7.93. The molecule has 130 valence electrons. The molecule has 24 heavy (non-hydrogen) atoms. The predicted octanol–water partition coefficient (Wildman–Crippen LogP) is 3.08. The topological polar surface area (TPSA) is 83.7 Å². The quantitative estimate of drug-likeness (QED) is 0.628. The average molecular weight is 333 g/mol. The smallest absolute Gasteiger partial charge is 0.428 e. The second kappa shape index (κ2) is 8.24. The van der Waals surface area contributed by atoms with Crippen LogP contribution in [0.3, 0.4) is 0 Å². The van der Waals surface area contributed by atoms with E-state index in [1.807, 2.05) is 18.2 Å². The van der Waals surface area contributed by atoms with Gasteiger partial charge in [0.15, 0.2) is 0 Å². The maximum Gasteiger partial charge on any atom is 0.428 e. The number of hydrazine groups is 1. The molecule has 1 heterocycles. The first-order chi connectivity index (χ1) is 11.5. The van der Waals surface area contributed by atoms with E-state index in [1.54, 1.807) is 6.07 Å². The number of nitrogens with zero attached hydrogens (tertiary/aromatic N) is 1. The zero-order valence-corrected chi connectivity index (χ0v) is 14.2. The highest BCUT2D eigenvalue weighted by Gasteiger charge is 2.15. The third kappa shape index (κ3) is 4.41. The molecule has 7 heteroatoms. The van der Waals surface area contributed by atoms with Crippen LogP contribution in [0, 0.1) is 0 Å². The maximum absolute atomic E-state index is 12.2. The van der Waals surface area contributed by atoms with Crippen molar-refractivity contribution in [3.63, 3.8) is 0 Å². The van der Waals surface area contributed by atoms with E-state index in [0.29, 0.717) is 12.3 Å². The molecule has 1 aromatic carbocycles. The van der Waals surface area contributed by atoms with Crippen molar-refractivity contribution in [2.45, 2.75) is 26.2 Å². The van der Waals surface area contributed by atoms with Crippen molar-refractivity contribution >= 4 is 22.9 Å². The summed E-state index contributed by atoms with van der Waals surface area (Å²) in [6, 6.07) is 7.35. The largest absolute Gasteiger partial charge is 0.494 e. The van der Waals surface area contributed by atoms with Crippen LogP contribution in [-0.4, -0.2) is 42.8 Å². The number of unbranched alkanes of at least 4 members (excludes halogenated alkanes) is 2. The molecule has 0 aliphatic heterocycles. The summed E-state index contributed by atoms with van der Waals surface area (Å²) in [6.07, 6.45) is 2.66. The van der Waals surface area contributed by atoms with Gasteiger partial charge in [-0.3, -0.25) is 10.2 Å². The standard InChI is InChI=1S/C17H23N3O4/c1-4-5-6-9-24-13-8-7-12-10-15(18-14(12)11-13)16(21)19-20(2)17(22)23-3/h7-8,10-11,18H,4-6,9H2,1-3H3,(H,19,21). The molecule has 7 nitrogen and oxygen atoms in total. The summed E-state index contributed by atoms with van der Waals surface area (Å²) < 4.78 is 10.2. The number of H-pyrrole nitrogens is 1. The summed E-state index contributed by atoms with van der Waals surface area (Å²) in [5.74, 6) is 0.337. The number of methoxy groups -OCH3 is 1. The molecule has 0 spiro atoms. The monoisotopic (exact) mass is 333 g/mol. The molecule has 1 aromatic heterocycles. The fraction of sp³-hybridized carbons (Fsp3) is 0.412. The van der Waals surface area contributed by atoms with Crippen LogP contribution in [0.25, 0.3) is 10.9 Å². The van der Waals surface area contributed by atoms with Crippen LogP contribution >= 0.6 is 0 Å². The zero-order chi connectivity index (χ0) is 17.5. The van der Waals surface area contributed by atoms with E-state index in [0.717, 1.165) is 40.9 Å². The number of rotatable bonds is 6. The minimum Gasteiger partial charge on any atom is -0.494 e. The molecular weight excluding hydrogens is 310 g/mol. The molecule has 0 bridgehead atoms. The van der Waals surface area contributed by atoms with Gasteiger partial charge in [0.2, 0.25) is 0 Å². The van der Waals surface area contributed by atoms with Crippen LogP contribution in [-0.2, 0) is 4.74 Å². The summed E-state index contributed by atoms with van der Waals surface area (Å²) in [5.41, 5.74) is 3.58. The molecule has 0 saturated carbocycles. The molecule has 0 fully saturated rings. The van der Waals surface area contributed by atoms with Gasteiger partial charge >= 0.3 is 6.09 Å². The van der Waals surface area contributed by atoms with Gasteiger partial charge in [-0.25, -0.2) is 9.80 Å². The van der Waals surface area contributed by atoms with Gasteiger partial charge < -0.3 is 14.5 Å². The van der Waals surface area contributed by atoms with Crippen molar-refractivity contribution in [2.24, 2.45) is 0 Å². The van der Waals surface area contributed by atoms with Crippen molar-refractivity contribution in [3.05, 3.63) is 30.0 Å². The molecule has 0 aliphatic rings. The summed E-state index contributed by atoms with van der Waals surface area (Å²) in [7, 11) is 2.66. The van der Waals surface area contributed by atoms with Gasteiger partial charge in [-0.1, -0.05) is 19.8 Å². The van der Waals surface area contributed by atoms with Crippen molar-refractivity contribution in [3.8, 4) is 5.75 Å². The van der Waals surface area contributed by atoms with Crippen molar-refractivity contribution < 1.29 is 19.1 Å². The summed E-state index contributed by atoms with van der Waals surface area (Å²) in [6.45, 7) is 2.83. The van der Waals surface area contributed by atoms with Gasteiger partial charge in [-0.05, 0) is 24.6 Å². The SMILES string of the molecule is CCCCCOc1ccc2cc(C(=O)NN(C)C(=O)OC)[nH]c2c1. The number of aromatic nitrogens is 1. The Labute approximate surface area is 140 Å². The Bertz CT molecular complexity index is 711. The lowest BCUT2D eigenvalue weighted by atomic mass is 10.2. The first-order valence-electron chi connectivity index (χ1n) is 7.93. The average Bonchev–Trinajstić information content (AvgIpc) is 3.01. The third-order valence-corrected chi connectivity index (χ3v) is 3.57. The Morgan fingerprint density at radius 1 is 1.25 bits per heavy atom. The van der Waals surface area contributed by atoms with Crippen LogP contribution in [0.15, 0.2) is 24.3 Å². The fourth-order valence-corrected chi connectivity index (χ4v) is 2.26. The van der Waals surface area contributed by atoms with E-state index in [-0.39, 0.29) is 0 Å². The molecular formula is C17H23N3O4. The van der Waals surface area contributed by atoms with Gasteiger partial charge in [0.05, 0.1) is 13.7 Å². The van der Waals surface area contributed by atoms with Crippen LogP contribution in [0.4, 0.5) is 4.79 Å². The molecule has 2 aromatic rings. The number of carbonyl (C=O) groups is 2. The van der Waals surface area contributed by atoms with Gasteiger partial charge in [-0.15, -0.1) is 0 Å². The second-order valence-electron chi connectivity index (χ2n) is 5.46. The number of amides is 2. The summed E-state index contributed by atoms with van der Waals surface area (Å²) in [4.78, 5) is 26.5. The lowest BCUT2D eigenvalue weighted by Gasteiger charge is -2.15. The van der Waals surface area contributed by atoms with E-state index in [2.05, 4.69) is 22.1 Å². The predicted molar refractivity (Wildman–Crippen MR) is 91.0 cm³/mol. The highest BCUT2D eigenvalue weighted by molar-refractivity contribution is 5.98. The minimum absolute atomic E-state index is 0.351. The number of hydrogen-bond donors (Lipinski definition) is 2. The molecule has 2 rings (SSSR count). The molecule has 0 saturated heterocycles. The van der Waals surface area contributed by atoms with Crippen LogP contribution in [0.5, 0.6) is 5.75 Å². The number of hydrogen-bond acceptors (Lipinski definition) is 4. The lowest BCUT2D eigenvalue weighted by molar-refractivity contribution is 0.0763. The van der Waals surface area contributed by atoms with Crippen molar-refractivity contribution in [2.75, 3.05) is 20.8 Å². The molecule has 2 amide bonds. The lowest BCUT2D eigenvalue weighted by Crippen LogP contribution is -2.43. The van der Waals surface area contributed by atoms with E-state index in [1.165, 1.54) is 14.2 Å². The number of ether oxygens (including phenoxy) is 2. The van der Waals surface area contributed by atoms with E-state index in [4.69, 9.17) is 4.74 Å². The second-order valence-corrected chi connectivity index (χ2v) is 5.46. The number of benzene rings is 1. The number of aromatic amines is 1. The molecule has 0 radical (unpaired) electrons. The Balaban J connectivity index is 2.04. The van der Waals surface area contributed by atoms with Crippen LogP contribution in [0.1, 0.15) is 36.7 Å². The van der Waals surface area contributed by atoms with Crippen LogP contribution < -0.4 is 10.2 Å². The third-order valence-electron chi connectivity index (χ3n) is 3.57. The zero-order valence-electron chi connectivity index (χ0n) is 14.2. The van der Waals surface area contributed by atoms with E-state index >= 15 is 0 Å². The molecule has 0 atom stereocenters. The summed E-state index contributed by atoms with van der Waals surface area (Å²) >= 11 is 0. The Kier molecular flexibility index (Phi) is 6.06. The van der Waals surface area contributed by atoms with Crippen molar-refractivity contribution in [1.29, 1.82) is 0 Å². The molecule has 0 unspecified atom stereocenters. The molecule has 2 N–H and O–H groups in total. The van der Waals surface area contributed by atoms with E-state index in [9.17, 15) is 9.59 Å². The van der Waals surface area contributed by atoms with Gasteiger partial charge in [-0.2, -0.15) is 0 Å². The Hall–Kier alpha value is -2.70. The fourth-order valence-electron chi connectivity index (χ4n) is 2.26. The number of carbonyl (C=O) groups excluding carboxylic acids is 2. The van der Waals surface area contributed by atoms with Gasteiger partial charge in [0, 0.05) is 24.0 Å². The molecule has 0 aliphatic carbocycles. The minimum atomic E-state index is -0.651. The first kappa shape index (κ1) is 17.7. The summed E-state index contributed by atoms with van der Waals surface area (Å²) in [5, 5.41) is 1.87.